The normalized spacial score (nSPS) is 23.3. The first-order chi connectivity index (χ1) is 15.1. The van der Waals surface area contributed by atoms with Crippen molar-refractivity contribution < 1.29 is 27.6 Å². The molecule has 3 heterocycles. The first-order valence-electron chi connectivity index (χ1n) is 9.42. The van der Waals surface area contributed by atoms with E-state index in [2.05, 4.69) is 52.6 Å². The van der Waals surface area contributed by atoms with Crippen LogP contribution in [0.4, 0.5) is 19.1 Å². The van der Waals surface area contributed by atoms with Crippen LogP contribution >= 0.6 is 31.9 Å². The molecule has 2 aliphatic heterocycles. The lowest BCUT2D eigenvalue weighted by atomic mass is 9.79. The van der Waals surface area contributed by atoms with Gasteiger partial charge in [0.05, 0.1) is 5.56 Å². The van der Waals surface area contributed by atoms with Gasteiger partial charge in [-0.05, 0) is 30.2 Å². The highest BCUT2D eigenvalue weighted by Crippen LogP contribution is 2.49. The molecule has 2 saturated heterocycles. The lowest BCUT2D eigenvalue weighted by molar-refractivity contribution is -0.184. The van der Waals surface area contributed by atoms with Crippen LogP contribution in [0.2, 0.25) is 0 Å². The fourth-order valence-corrected chi connectivity index (χ4v) is 5.03. The number of carbonyl (C=O) groups excluding carboxylic acids is 2. The molecule has 0 saturated carbocycles. The third kappa shape index (κ3) is 4.33. The molecule has 1 aromatic carbocycles. The number of hydrogen-bond acceptors (Lipinski definition) is 6. The summed E-state index contributed by atoms with van der Waals surface area (Å²) in [5, 5.41) is 2.47. The van der Waals surface area contributed by atoms with Crippen molar-refractivity contribution in [1.82, 2.24) is 20.8 Å². The van der Waals surface area contributed by atoms with E-state index in [4.69, 9.17) is 4.84 Å². The van der Waals surface area contributed by atoms with Gasteiger partial charge < -0.3 is 10.2 Å². The van der Waals surface area contributed by atoms with Crippen molar-refractivity contribution in [1.29, 1.82) is 0 Å². The van der Waals surface area contributed by atoms with Crippen LogP contribution in [0, 0.1) is 0 Å². The highest BCUT2D eigenvalue weighted by molar-refractivity contribution is 9.11. The number of aromatic nitrogens is 2. The van der Waals surface area contributed by atoms with Crippen LogP contribution in [0.5, 0.6) is 0 Å². The number of rotatable bonds is 4. The number of amides is 2. The SMILES string of the molecule is O=C(NC1CONC1=O)c1cnc(N2CCC(c3cc(Br)cc(Br)c3)(C(F)(F)F)C2)nc1. The topological polar surface area (TPSA) is 96.5 Å². The summed E-state index contributed by atoms with van der Waals surface area (Å²) in [6.45, 7) is -0.276. The number of nitrogens with zero attached hydrogens (tertiary/aromatic N) is 3. The Morgan fingerprint density at radius 1 is 1.22 bits per heavy atom. The second-order valence-corrected chi connectivity index (χ2v) is 9.32. The molecule has 2 aromatic rings. The predicted molar refractivity (Wildman–Crippen MR) is 114 cm³/mol. The van der Waals surface area contributed by atoms with Crippen molar-refractivity contribution in [2.45, 2.75) is 24.1 Å². The van der Waals surface area contributed by atoms with E-state index >= 15 is 0 Å². The van der Waals surface area contributed by atoms with Crippen molar-refractivity contribution in [3.8, 4) is 0 Å². The van der Waals surface area contributed by atoms with Crippen molar-refractivity contribution >= 4 is 49.6 Å². The fourth-order valence-electron chi connectivity index (χ4n) is 3.73. The van der Waals surface area contributed by atoms with E-state index in [0.717, 1.165) is 0 Å². The van der Waals surface area contributed by atoms with Gasteiger partial charge in [0, 0.05) is 34.4 Å². The molecule has 0 radical (unpaired) electrons. The molecule has 32 heavy (non-hydrogen) atoms. The Kier molecular flexibility index (Phi) is 6.16. The van der Waals surface area contributed by atoms with Gasteiger partial charge in [0.2, 0.25) is 5.95 Å². The van der Waals surface area contributed by atoms with Crippen LogP contribution in [0.15, 0.2) is 39.5 Å². The number of nitrogens with one attached hydrogen (secondary N) is 2. The van der Waals surface area contributed by atoms with Crippen molar-refractivity contribution in [2.75, 3.05) is 24.6 Å². The highest BCUT2D eigenvalue weighted by atomic mass is 79.9. The molecule has 0 spiro atoms. The van der Waals surface area contributed by atoms with Crippen LogP contribution in [-0.2, 0) is 15.0 Å². The van der Waals surface area contributed by atoms with Gasteiger partial charge in [0.25, 0.3) is 11.8 Å². The molecular weight excluding hydrogens is 563 g/mol. The number of benzene rings is 1. The largest absolute Gasteiger partial charge is 0.400 e. The van der Waals surface area contributed by atoms with E-state index < -0.39 is 29.4 Å². The number of hydrogen-bond donors (Lipinski definition) is 2. The number of alkyl halides is 3. The zero-order chi connectivity index (χ0) is 23.1. The maximum atomic E-state index is 14.3. The number of halogens is 5. The van der Waals surface area contributed by atoms with E-state index in [9.17, 15) is 22.8 Å². The van der Waals surface area contributed by atoms with E-state index in [1.165, 1.54) is 29.4 Å². The van der Waals surface area contributed by atoms with Gasteiger partial charge in [-0.2, -0.15) is 13.2 Å². The first kappa shape index (κ1) is 22.9. The number of hydroxylamine groups is 1. The zero-order valence-electron chi connectivity index (χ0n) is 16.2. The molecule has 2 fully saturated rings. The van der Waals surface area contributed by atoms with Crippen LogP contribution < -0.4 is 15.7 Å². The molecular formula is C19H16Br2F3N5O3. The minimum atomic E-state index is -4.49. The van der Waals surface area contributed by atoms with Gasteiger partial charge >= 0.3 is 6.18 Å². The van der Waals surface area contributed by atoms with E-state index in [-0.39, 0.29) is 43.2 Å². The average Bonchev–Trinajstić information content (AvgIpc) is 3.35. The predicted octanol–water partition coefficient (Wildman–Crippen LogP) is 2.87. The van der Waals surface area contributed by atoms with Crippen molar-refractivity contribution in [2.24, 2.45) is 0 Å². The molecule has 2 unspecified atom stereocenters. The van der Waals surface area contributed by atoms with Crippen LogP contribution in [0.3, 0.4) is 0 Å². The minimum absolute atomic E-state index is 0.0114. The molecule has 1 aromatic heterocycles. The Balaban J connectivity index is 1.53. The smallest absolute Gasteiger partial charge is 0.340 e. The summed E-state index contributed by atoms with van der Waals surface area (Å²) in [6, 6.07) is 3.78. The highest BCUT2D eigenvalue weighted by Gasteiger charge is 2.59. The summed E-state index contributed by atoms with van der Waals surface area (Å²) < 4.78 is 43.8. The second kappa shape index (κ2) is 8.60. The van der Waals surface area contributed by atoms with Gasteiger partial charge in [-0.15, -0.1) is 0 Å². The van der Waals surface area contributed by atoms with Crippen LogP contribution in [0.25, 0.3) is 0 Å². The van der Waals surface area contributed by atoms with E-state index in [0.29, 0.717) is 8.95 Å². The lowest BCUT2D eigenvalue weighted by Gasteiger charge is -2.32. The average molecular weight is 579 g/mol. The molecule has 4 rings (SSSR count). The third-order valence-electron chi connectivity index (χ3n) is 5.45. The third-order valence-corrected chi connectivity index (χ3v) is 6.37. The molecule has 8 nitrogen and oxygen atoms in total. The fraction of sp³-hybridized carbons (Fsp3) is 0.368. The van der Waals surface area contributed by atoms with Crippen LogP contribution in [-0.4, -0.2) is 53.7 Å². The number of anilines is 1. The maximum absolute atomic E-state index is 14.3. The quantitative estimate of drug-likeness (QED) is 0.579. The van der Waals surface area contributed by atoms with Gasteiger partial charge in [0.15, 0.2) is 0 Å². The standard InChI is InChI=1S/C19H16Br2F3N5O3/c20-12-3-11(4-13(21)5-12)18(19(22,23)24)1-2-29(9-18)17-25-6-10(7-26-17)15(30)27-14-8-32-28-16(14)31/h3-7,14H,1-2,8-9H2,(H,27,30)(H,28,31). The van der Waals surface area contributed by atoms with Crippen molar-refractivity contribution in [3.63, 3.8) is 0 Å². The van der Waals surface area contributed by atoms with Gasteiger partial charge in [-0.3, -0.25) is 14.4 Å². The summed E-state index contributed by atoms with van der Waals surface area (Å²) >= 11 is 6.52. The first-order valence-corrected chi connectivity index (χ1v) is 11.0. The van der Waals surface area contributed by atoms with E-state index in [1.807, 2.05) is 0 Å². The summed E-state index contributed by atoms with van der Waals surface area (Å²) in [4.78, 5) is 38.1. The molecule has 13 heteroatoms. The molecule has 0 bridgehead atoms. The molecule has 170 valence electrons. The molecule has 2 N–H and O–H groups in total. The number of carbonyl (C=O) groups is 2. The van der Waals surface area contributed by atoms with E-state index in [1.54, 1.807) is 6.07 Å². The Labute approximate surface area is 197 Å². The van der Waals surface area contributed by atoms with Crippen molar-refractivity contribution in [3.05, 3.63) is 50.7 Å². The van der Waals surface area contributed by atoms with Gasteiger partial charge in [0.1, 0.15) is 18.1 Å². The lowest BCUT2D eigenvalue weighted by Crippen LogP contribution is -2.45. The minimum Gasteiger partial charge on any atom is -0.340 e. The Morgan fingerprint density at radius 2 is 1.88 bits per heavy atom. The van der Waals surface area contributed by atoms with Crippen LogP contribution in [0.1, 0.15) is 22.3 Å². The zero-order valence-corrected chi connectivity index (χ0v) is 19.4. The molecule has 2 atom stereocenters. The van der Waals surface area contributed by atoms with Gasteiger partial charge in [-0.1, -0.05) is 31.9 Å². The molecule has 2 amide bonds. The Hall–Kier alpha value is -2.25. The Morgan fingerprint density at radius 3 is 2.44 bits per heavy atom. The molecule has 0 aliphatic carbocycles. The van der Waals surface area contributed by atoms with Gasteiger partial charge in [-0.25, -0.2) is 15.4 Å². The summed E-state index contributed by atoms with van der Waals surface area (Å²) in [7, 11) is 0. The monoisotopic (exact) mass is 577 g/mol. The maximum Gasteiger partial charge on any atom is 0.400 e. The Bertz CT molecular complexity index is 1030. The summed E-state index contributed by atoms with van der Waals surface area (Å²) in [5.41, 5.74) is 0.250. The molecule has 2 aliphatic rings. The second-order valence-electron chi connectivity index (χ2n) is 7.48. The summed E-state index contributed by atoms with van der Waals surface area (Å²) in [5.74, 6) is -0.980. The summed E-state index contributed by atoms with van der Waals surface area (Å²) in [6.07, 6.45) is -2.23.